The van der Waals surface area contributed by atoms with Crippen LogP contribution in [0.4, 0.5) is 5.95 Å². The number of allylic oxidation sites excluding steroid dienone is 1. The van der Waals surface area contributed by atoms with Crippen LogP contribution in [0.3, 0.4) is 0 Å². The van der Waals surface area contributed by atoms with Gasteiger partial charge in [-0.3, -0.25) is 4.79 Å². The van der Waals surface area contributed by atoms with Crippen molar-refractivity contribution < 1.29 is 9.72 Å². The highest BCUT2D eigenvalue weighted by atomic mass is 16.6. The molecule has 0 spiro atoms. The molecule has 0 atom stereocenters. The Balaban J connectivity index is 3.06. The van der Waals surface area contributed by atoms with Crippen molar-refractivity contribution in [3.8, 4) is 0 Å². The van der Waals surface area contributed by atoms with Crippen LogP contribution in [0.2, 0.25) is 0 Å². The molecular weight excluding hydrogens is 174 g/mol. The maximum Gasteiger partial charge on any atom is 0.434 e. The first-order chi connectivity index (χ1) is 6.16. The number of nitro groups is 1. The van der Waals surface area contributed by atoms with E-state index in [1.54, 1.807) is 0 Å². The molecule has 0 unspecified atom stereocenters. The van der Waals surface area contributed by atoms with Crippen molar-refractivity contribution in [3.63, 3.8) is 0 Å². The lowest BCUT2D eigenvalue weighted by Gasteiger charge is -1.93. The molecule has 1 aromatic heterocycles. The van der Waals surface area contributed by atoms with E-state index >= 15 is 0 Å². The van der Waals surface area contributed by atoms with E-state index in [1.165, 1.54) is 30.0 Å². The summed E-state index contributed by atoms with van der Waals surface area (Å²) in [5.41, 5.74) is 0.513. The summed E-state index contributed by atoms with van der Waals surface area (Å²) >= 11 is 0. The molecule has 0 N–H and O–H groups in total. The molecule has 0 fully saturated rings. The van der Waals surface area contributed by atoms with Gasteiger partial charge in [-0.25, -0.2) is 4.57 Å². The van der Waals surface area contributed by atoms with Crippen LogP contribution in [0.15, 0.2) is 12.3 Å². The van der Waals surface area contributed by atoms with Gasteiger partial charge in [0.05, 0.1) is 7.05 Å². The molecule has 68 valence electrons. The molecule has 0 aliphatic carbocycles. The molecule has 1 rings (SSSR count). The van der Waals surface area contributed by atoms with E-state index in [1.807, 2.05) is 0 Å². The monoisotopic (exact) mass is 181 g/mol. The Kier molecular flexibility index (Phi) is 2.53. The van der Waals surface area contributed by atoms with Gasteiger partial charge in [-0.2, -0.15) is 0 Å². The normalized spacial score (nSPS) is 10.5. The summed E-state index contributed by atoms with van der Waals surface area (Å²) in [5, 5.41) is 10.3. The van der Waals surface area contributed by atoms with Crippen molar-refractivity contribution in [2.45, 2.75) is 0 Å². The van der Waals surface area contributed by atoms with Crippen molar-refractivity contribution in [2.24, 2.45) is 7.05 Å². The fourth-order valence-electron chi connectivity index (χ4n) is 0.875. The number of aldehydes is 1. The summed E-state index contributed by atoms with van der Waals surface area (Å²) in [4.78, 5) is 23.3. The number of imidazole rings is 1. The van der Waals surface area contributed by atoms with Gasteiger partial charge >= 0.3 is 5.95 Å². The molecular formula is C7H7N3O3. The van der Waals surface area contributed by atoms with Crippen molar-refractivity contribution in [3.05, 3.63) is 28.1 Å². The molecule has 0 amide bonds. The standard InChI is InChI=1S/C7H7N3O3/c1-9-6(3-2-4-11)5-8-7(9)10(12)13/h2-5H,1H3. The van der Waals surface area contributed by atoms with Gasteiger partial charge in [0.15, 0.2) is 0 Å². The maximum absolute atomic E-state index is 10.3. The second-order valence-corrected chi connectivity index (χ2v) is 2.29. The zero-order valence-electron chi connectivity index (χ0n) is 6.88. The lowest BCUT2D eigenvalue weighted by molar-refractivity contribution is -0.396. The first kappa shape index (κ1) is 9.11. The summed E-state index contributed by atoms with van der Waals surface area (Å²) < 4.78 is 1.29. The highest BCUT2D eigenvalue weighted by Crippen LogP contribution is 2.11. The van der Waals surface area contributed by atoms with Crippen molar-refractivity contribution in [1.82, 2.24) is 9.55 Å². The van der Waals surface area contributed by atoms with Crippen LogP contribution in [0.1, 0.15) is 5.69 Å². The molecule has 0 saturated carbocycles. The van der Waals surface area contributed by atoms with E-state index in [4.69, 9.17) is 0 Å². The number of aromatic nitrogens is 2. The summed E-state index contributed by atoms with van der Waals surface area (Å²) in [6.45, 7) is 0. The Bertz CT molecular complexity index is 367. The smallest absolute Gasteiger partial charge is 0.390 e. The average Bonchev–Trinajstić information content (AvgIpc) is 2.43. The third-order valence-corrected chi connectivity index (χ3v) is 1.51. The summed E-state index contributed by atoms with van der Waals surface area (Å²) in [6, 6.07) is 0. The quantitative estimate of drug-likeness (QED) is 0.295. The third-order valence-electron chi connectivity index (χ3n) is 1.51. The van der Waals surface area contributed by atoms with Crippen molar-refractivity contribution >= 4 is 18.3 Å². The molecule has 0 aromatic carbocycles. The Labute approximate surface area is 73.7 Å². The van der Waals surface area contributed by atoms with E-state index < -0.39 is 4.92 Å². The lowest BCUT2D eigenvalue weighted by atomic mass is 10.4. The van der Waals surface area contributed by atoms with E-state index in [9.17, 15) is 14.9 Å². The minimum atomic E-state index is -0.585. The first-order valence-corrected chi connectivity index (χ1v) is 3.44. The summed E-state index contributed by atoms with van der Waals surface area (Å²) in [7, 11) is 1.51. The van der Waals surface area contributed by atoms with Gasteiger partial charge in [-0.05, 0) is 17.1 Å². The molecule has 0 radical (unpaired) electrons. The number of rotatable bonds is 3. The molecule has 6 nitrogen and oxygen atoms in total. The van der Waals surface area contributed by atoms with Gasteiger partial charge < -0.3 is 10.1 Å². The predicted molar refractivity (Wildman–Crippen MR) is 45.0 cm³/mol. The maximum atomic E-state index is 10.3. The Morgan fingerprint density at radius 2 is 2.38 bits per heavy atom. The van der Waals surface area contributed by atoms with Gasteiger partial charge in [0.2, 0.25) is 0 Å². The molecule has 1 heterocycles. The van der Waals surface area contributed by atoms with Crippen LogP contribution in [0.25, 0.3) is 6.08 Å². The van der Waals surface area contributed by atoms with Crippen molar-refractivity contribution in [1.29, 1.82) is 0 Å². The molecule has 0 saturated heterocycles. The minimum absolute atomic E-state index is 0.245. The lowest BCUT2D eigenvalue weighted by Crippen LogP contribution is -1.99. The second kappa shape index (κ2) is 3.61. The molecule has 0 aliphatic heterocycles. The van der Waals surface area contributed by atoms with Gasteiger partial charge in [0, 0.05) is 0 Å². The Morgan fingerprint density at radius 3 is 2.85 bits per heavy atom. The van der Waals surface area contributed by atoms with Crippen LogP contribution >= 0.6 is 0 Å². The van der Waals surface area contributed by atoms with Crippen LogP contribution in [-0.2, 0) is 11.8 Å². The minimum Gasteiger partial charge on any atom is -0.390 e. The SMILES string of the molecule is Cn1c(C=CC=O)cnc1[N+](=O)[O-]. The predicted octanol–water partition coefficient (Wildman–Crippen LogP) is 0.540. The van der Waals surface area contributed by atoms with E-state index in [0.29, 0.717) is 12.0 Å². The fraction of sp³-hybridized carbons (Fsp3) is 0.143. The Hall–Kier alpha value is -1.98. The second-order valence-electron chi connectivity index (χ2n) is 2.29. The summed E-state index contributed by atoms with van der Waals surface area (Å²) in [5.74, 6) is -0.245. The van der Waals surface area contributed by atoms with Crippen LogP contribution in [0, 0.1) is 10.1 Å². The number of carbonyl (C=O) groups is 1. The first-order valence-electron chi connectivity index (χ1n) is 3.44. The van der Waals surface area contributed by atoms with E-state index in [2.05, 4.69) is 4.98 Å². The van der Waals surface area contributed by atoms with Crippen molar-refractivity contribution in [2.75, 3.05) is 0 Å². The molecule has 1 aromatic rings. The molecule has 13 heavy (non-hydrogen) atoms. The van der Waals surface area contributed by atoms with Gasteiger partial charge in [-0.15, -0.1) is 0 Å². The van der Waals surface area contributed by atoms with Crippen LogP contribution in [-0.4, -0.2) is 20.8 Å². The zero-order valence-corrected chi connectivity index (χ0v) is 6.88. The largest absolute Gasteiger partial charge is 0.434 e. The van der Waals surface area contributed by atoms with Gasteiger partial charge in [0.25, 0.3) is 0 Å². The molecule has 6 heteroatoms. The van der Waals surface area contributed by atoms with Gasteiger partial charge in [-0.1, -0.05) is 4.98 Å². The van der Waals surface area contributed by atoms with Gasteiger partial charge in [0.1, 0.15) is 18.2 Å². The third kappa shape index (κ3) is 1.78. The number of hydrogen-bond donors (Lipinski definition) is 0. The average molecular weight is 181 g/mol. The van der Waals surface area contributed by atoms with Crippen LogP contribution < -0.4 is 0 Å². The van der Waals surface area contributed by atoms with E-state index in [-0.39, 0.29) is 5.95 Å². The van der Waals surface area contributed by atoms with E-state index in [0.717, 1.165) is 0 Å². The molecule has 0 bridgehead atoms. The highest BCUT2D eigenvalue weighted by Gasteiger charge is 2.14. The number of carbonyl (C=O) groups excluding carboxylic acids is 1. The van der Waals surface area contributed by atoms with Crippen LogP contribution in [0.5, 0.6) is 0 Å². The topological polar surface area (TPSA) is 78.0 Å². The number of nitrogens with zero attached hydrogens (tertiary/aromatic N) is 3. The molecule has 0 aliphatic rings. The number of hydrogen-bond acceptors (Lipinski definition) is 4. The zero-order chi connectivity index (χ0) is 9.84. The fourth-order valence-corrected chi connectivity index (χ4v) is 0.875. The summed E-state index contributed by atoms with van der Waals surface area (Å²) in [6.07, 6.45) is 4.63. The highest BCUT2D eigenvalue weighted by molar-refractivity contribution is 5.73. The Morgan fingerprint density at radius 1 is 1.69 bits per heavy atom.